The van der Waals surface area contributed by atoms with Crippen molar-refractivity contribution in [3.63, 3.8) is 0 Å². The van der Waals surface area contributed by atoms with Crippen molar-refractivity contribution in [1.29, 1.82) is 0 Å². The highest BCUT2D eigenvalue weighted by atomic mass is 127. The number of para-hydroxylation sites is 1. The number of ether oxygens (including phenoxy) is 1. The van der Waals surface area contributed by atoms with E-state index in [2.05, 4.69) is 15.6 Å². The number of benzene rings is 1. The van der Waals surface area contributed by atoms with Crippen LogP contribution in [0, 0.1) is 0 Å². The highest BCUT2D eigenvalue weighted by Gasteiger charge is 2.23. The van der Waals surface area contributed by atoms with Gasteiger partial charge in [-0.15, -0.1) is 24.0 Å². The standard InChI is InChI=1S/C17H26N4O2.HI/c1-4-18-17(19-11-16(22)20-14-9-10-14)21(2)12-13-7-5-6-8-15(13)23-3;/h5-8,14H,4,9-12H2,1-3H3,(H,18,19)(H,20,22);1H. The van der Waals surface area contributed by atoms with Gasteiger partial charge < -0.3 is 20.3 Å². The minimum absolute atomic E-state index is 0. The van der Waals surface area contributed by atoms with Crippen molar-refractivity contribution in [3.05, 3.63) is 29.8 Å². The Balaban J connectivity index is 0.00000288. The number of guanidine groups is 1. The van der Waals surface area contributed by atoms with Crippen molar-refractivity contribution >= 4 is 35.8 Å². The van der Waals surface area contributed by atoms with Crippen molar-refractivity contribution in [2.24, 2.45) is 4.99 Å². The Labute approximate surface area is 161 Å². The maximum atomic E-state index is 11.8. The molecule has 1 fully saturated rings. The summed E-state index contributed by atoms with van der Waals surface area (Å²) in [6, 6.07) is 8.27. The zero-order chi connectivity index (χ0) is 16.7. The third-order valence-electron chi connectivity index (χ3n) is 3.61. The molecule has 0 heterocycles. The van der Waals surface area contributed by atoms with Gasteiger partial charge >= 0.3 is 0 Å². The van der Waals surface area contributed by atoms with Gasteiger partial charge in [0.1, 0.15) is 12.3 Å². The Morgan fingerprint density at radius 3 is 2.71 bits per heavy atom. The second-order valence-corrected chi connectivity index (χ2v) is 5.68. The first-order valence-electron chi connectivity index (χ1n) is 8.04. The molecule has 24 heavy (non-hydrogen) atoms. The van der Waals surface area contributed by atoms with Gasteiger partial charge in [-0.3, -0.25) is 4.79 Å². The molecule has 1 aromatic carbocycles. The average molecular weight is 446 g/mol. The quantitative estimate of drug-likeness (QED) is 0.382. The molecule has 0 saturated heterocycles. The van der Waals surface area contributed by atoms with Crippen LogP contribution in [0.25, 0.3) is 0 Å². The molecular weight excluding hydrogens is 419 g/mol. The van der Waals surface area contributed by atoms with E-state index >= 15 is 0 Å². The van der Waals surface area contributed by atoms with Crippen LogP contribution in [0.5, 0.6) is 5.75 Å². The van der Waals surface area contributed by atoms with E-state index in [1.165, 1.54) is 0 Å². The second kappa shape index (κ2) is 10.4. The molecule has 0 bridgehead atoms. The summed E-state index contributed by atoms with van der Waals surface area (Å²) in [4.78, 5) is 18.2. The molecule has 2 N–H and O–H groups in total. The maximum absolute atomic E-state index is 11.8. The van der Waals surface area contributed by atoms with Crippen LogP contribution in [0.4, 0.5) is 0 Å². The lowest BCUT2D eigenvalue weighted by molar-refractivity contribution is -0.119. The van der Waals surface area contributed by atoms with Crippen LogP contribution < -0.4 is 15.4 Å². The van der Waals surface area contributed by atoms with E-state index in [9.17, 15) is 4.79 Å². The number of rotatable bonds is 7. The number of aliphatic imine (C=N–C) groups is 1. The number of carbonyl (C=O) groups excluding carboxylic acids is 1. The number of amides is 1. The van der Waals surface area contributed by atoms with E-state index in [1.54, 1.807) is 7.11 Å². The summed E-state index contributed by atoms with van der Waals surface area (Å²) in [5, 5.41) is 6.17. The lowest BCUT2D eigenvalue weighted by atomic mass is 10.2. The highest BCUT2D eigenvalue weighted by molar-refractivity contribution is 14.0. The normalized spacial score (nSPS) is 13.7. The number of nitrogens with one attached hydrogen (secondary N) is 2. The van der Waals surface area contributed by atoms with Crippen molar-refractivity contribution in [1.82, 2.24) is 15.5 Å². The summed E-state index contributed by atoms with van der Waals surface area (Å²) < 4.78 is 5.38. The molecule has 0 radical (unpaired) electrons. The molecule has 0 unspecified atom stereocenters. The van der Waals surface area contributed by atoms with Gasteiger partial charge in [0.2, 0.25) is 5.91 Å². The molecule has 2 rings (SSSR count). The number of hydrogen-bond acceptors (Lipinski definition) is 3. The summed E-state index contributed by atoms with van der Waals surface area (Å²) in [5.41, 5.74) is 1.07. The maximum Gasteiger partial charge on any atom is 0.242 e. The Bertz CT molecular complexity index is 561. The third-order valence-corrected chi connectivity index (χ3v) is 3.61. The fourth-order valence-corrected chi connectivity index (χ4v) is 2.28. The number of hydrogen-bond donors (Lipinski definition) is 2. The summed E-state index contributed by atoms with van der Waals surface area (Å²) in [7, 11) is 3.62. The van der Waals surface area contributed by atoms with Gasteiger partial charge in [0, 0.05) is 31.7 Å². The monoisotopic (exact) mass is 446 g/mol. The first kappa shape index (κ1) is 20.5. The summed E-state index contributed by atoms with van der Waals surface area (Å²) >= 11 is 0. The number of methoxy groups -OCH3 is 1. The van der Waals surface area contributed by atoms with Crippen LogP contribution in [0.15, 0.2) is 29.3 Å². The number of carbonyl (C=O) groups is 1. The van der Waals surface area contributed by atoms with Gasteiger partial charge in [0.25, 0.3) is 0 Å². The van der Waals surface area contributed by atoms with Crippen LogP contribution in [0.1, 0.15) is 25.3 Å². The van der Waals surface area contributed by atoms with Gasteiger partial charge in [0.15, 0.2) is 5.96 Å². The molecule has 0 atom stereocenters. The highest BCUT2D eigenvalue weighted by Crippen LogP contribution is 2.19. The van der Waals surface area contributed by atoms with Crippen LogP contribution in [-0.2, 0) is 11.3 Å². The van der Waals surface area contributed by atoms with E-state index in [4.69, 9.17) is 4.74 Å². The summed E-state index contributed by atoms with van der Waals surface area (Å²) in [6.07, 6.45) is 2.17. The predicted molar refractivity (Wildman–Crippen MR) is 107 cm³/mol. The molecule has 6 nitrogen and oxygen atoms in total. The smallest absolute Gasteiger partial charge is 0.242 e. The third kappa shape index (κ3) is 6.54. The molecule has 1 amide bonds. The Morgan fingerprint density at radius 1 is 1.38 bits per heavy atom. The summed E-state index contributed by atoms with van der Waals surface area (Å²) in [5.74, 6) is 1.54. The van der Waals surface area contributed by atoms with E-state index in [0.29, 0.717) is 18.5 Å². The molecular formula is C17H27IN4O2. The molecule has 1 aliphatic carbocycles. The zero-order valence-electron chi connectivity index (χ0n) is 14.5. The molecule has 1 saturated carbocycles. The lowest BCUT2D eigenvalue weighted by Gasteiger charge is -2.23. The van der Waals surface area contributed by atoms with Crippen LogP contribution in [-0.4, -0.2) is 50.1 Å². The van der Waals surface area contributed by atoms with Crippen molar-refractivity contribution in [2.45, 2.75) is 32.4 Å². The predicted octanol–water partition coefficient (Wildman–Crippen LogP) is 1.99. The van der Waals surface area contributed by atoms with E-state index in [0.717, 1.165) is 30.7 Å². The molecule has 0 aliphatic heterocycles. The van der Waals surface area contributed by atoms with Gasteiger partial charge in [-0.05, 0) is 25.8 Å². The number of nitrogens with zero attached hydrogens (tertiary/aromatic N) is 2. The number of halogens is 1. The van der Waals surface area contributed by atoms with Crippen molar-refractivity contribution in [2.75, 3.05) is 27.2 Å². The fraction of sp³-hybridized carbons (Fsp3) is 0.529. The topological polar surface area (TPSA) is 66.0 Å². The molecule has 0 spiro atoms. The molecule has 1 aliphatic rings. The van der Waals surface area contributed by atoms with E-state index < -0.39 is 0 Å². The minimum Gasteiger partial charge on any atom is -0.496 e. The van der Waals surface area contributed by atoms with E-state index in [1.807, 2.05) is 43.1 Å². The SMILES string of the molecule is CCNC(=NCC(=O)NC1CC1)N(C)Cc1ccccc1OC.I. The largest absolute Gasteiger partial charge is 0.496 e. The van der Waals surface area contributed by atoms with E-state index in [-0.39, 0.29) is 36.4 Å². The molecule has 1 aromatic rings. The first-order chi connectivity index (χ1) is 11.1. The van der Waals surface area contributed by atoms with Crippen molar-refractivity contribution < 1.29 is 9.53 Å². The van der Waals surface area contributed by atoms with Crippen LogP contribution in [0.3, 0.4) is 0 Å². The van der Waals surface area contributed by atoms with Crippen molar-refractivity contribution in [3.8, 4) is 5.75 Å². The van der Waals surface area contributed by atoms with Gasteiger partial charge in [0.05, 0.1) is 7.11 Å². The minimum atomic E-state index is -0.0198. The van der Waals surface area contributed by atoms with Gasteiger partial charge in [-0.1, -0.05) is 18.2 Å². The van der Waals surface area contributed by atoms with Gasteiger partial charge in [-0.2, -0.15) is 0 Å². The summed E-state index contributed by atoms with van der Waals surface area (Å²) in [6.45, 7) is 3.56. The molecule has 134 valence electrons. The molecule has 0 aromatic heterocycles. The molecule has 7 heteroatoms. The Hall–Kier alpha value is -1.51. The second-order valence-electron chi connectivity index (χ2n) is 5.68. The van der Waals surface area contributed by atoms with Crippen LogP contribution >= 0.6 is 24.0 Å². The Morgan fingerprint density at radius 2 is 2.08 bits per heavy atom. The fourth-order valence-electron chi connectivity index (χ4n) is 2.28. The Kier molecular flexibility index (Phi) is 8.88. The van der Waals surface area contributed by atoms with Crippen LogP contribution in [0.2, 0.25) is 0 Å². The van der Waals surface area contributed by atoms with Gasteiger partial charge in [-0.25, -0.2) is 4.99 Å². The average Bonchev–Trinajstić information content (AvgIpc) is 3.35. The first-order valence-corrected chi connectivity index (χ1v) is 8.04. The zero-order valence-corrected chi connectivity index (χ0v) is 16.9. The lowest BCUT2D eigenvalue weighted by Crippen LogP contribution is -2.39.